The number of rotatable bonds is 3. The van der Waals surface area contributed by atoms with Gasteiger partial charge in [-0.2, -0.15) is 0 Å². The molecular formula is C12H10NO3PS. The Bertz CT molecular complexity index is 663. The van der Waals surface area contributed by atoms with Gasteiger partial charge in [-0.05, 0) is 46.9 Å². The molecule has 0 heterocycles. The first kappa shape index (κ1) is 12.9. The van der Waals surface area contributed by atoms with Crippen molar-refractivity contribution in [2.75, 3.05) is 0 Å². The molecule has 2 aromatic carbocycles. The lowest BCUT2D eigenvalue weighted by Gasteiger charge is -2.04. The largest absolute Gasteiger partial charge is 0.219 e. The maximum atomic E-state index is 12.2. The minimum Gasteiger partial charge on any atom is -0.219 e. The van der Waals surface area contributed by atoms with Gasteiger partial charge in [0.25, 0.3) is 0 Å². The highest BCUT2D eigenvalue weighted by Crippen LogP contribution is 2.22. The number of hydrogen-bond donors (Lipinski definition) is 0. The normalized spacial score (nSPS) is 11.2. The van der Waals surface area contributed by atoms with Gasteiger partial charge in [0.1, 0.15) is 5.69 Å². The van der Waals surface area contributed by atoms with Crippen LogP contribution in [0.1, 0.15) is 0 Å². The minimum absolute atomic E-state index is 0.145. The number of nitrogens with zero attached hydrogens (tertiary/aromatic N) is 1. The van der Waals surface area contributed by atoms with Crippen LogP contribution in [-0.4, -0.2) is 8.42 Å². The van der Waals surface area contributed by atoms with Crippen molar-refractivity contribution < 1.29 is 8.42 Å². The fourth-order valence-electron chi connectivity index (χ4n) is 1.47. The molecule has 0 bridgehead atoms. The molecule has 92 valence electrons. The topological polar surface area (TPSA) is 63.6 Å². The Morgan fingerprint density at radius 1 is 0.833 bits per heavy atom. The van der Waals surface area contributed by atoms with Crippen LogP contribution in [0.15, 0.2) is 63.5 Å². The molecule has 0 saturated heterocycles. The van der Waals surface area contributed by atoms with E-state index in [-0.39, 0.29) is 15.5 Å². The summed E-state index contributed by atoms with van der Waals surface area (Å²) in [4.78, 5) is 10.6. The van der Waals surface area contributed by atoms with E-state index in [9.17, 15) is 13.3 Å². The first-order valence-electron chi connectivity index (χ1n) is 5.08. The third-order valence-corrected chi connectivity index (χ3v) is 4.61. The zero-order chi connectivity index (χ0) is 13.2. The number of benzene rings is 2. The number of sulfone groups is 1. The van der Waals surface area contributed by atoms with Crippen molar-refractivity contribution in [1.82, 2.24) is 0 Å². The summed E-state index contributed by atoms with van der Waals surface area (Å²) in [6.45, 7) is 0. The molecule has 0 aliphatic rings. The Hall–Kier alpha value is -1.58. The van der Waals surface area contributed by atoms with Gasteiger partial charge in [0.2, 0.25) is 9.84 Å². The summed E-state index contributed by atoms with van der Waals surface area (Å²) in [5, 5.41) is 3.64. The van der Waals surface area contributed by atoms with Crippen LogP contribution in [0.5, 0.6) is 0 Å². The summed E-state index contributed by atoms with van der Waals surface area (Å²) < 4.78 is 24.5. The molecule has 1 unspecified atom stereocenters. The van der Waals surface area contributed by atoms with Gasteiger partial charge >= 0.3 is 0 Å². The van der Waals surface area contributed by atoms with Crippen LogP contribution in [0.25, 0.3) is 0 Å². The zero-order valence-corrected chi connectivity index (χ0v) is 11.2. The molecule has 0 aromatic heterocycles. The van der Waals surface area contributed by atoms with E-state index in [1.807, 2.05) is 0 Å². The van der Waals surface area contributed by atoms with Gasteiger partial charge in [-0.15, -0.1) is 14.1 Å². The van der Waals surface area contributed by atoms with Crippen LogP contribution in [0.4, 0.5) is 5.69 Å². The maximum Gasteiger partial charge on any atom is 0.206 e. The van der Waals surface area contributed by atoms with Crippen LogP contribution >= 0.6 is 9.24 Å². The van der Waals surface area contributed by atoms with Gasteiger partial charge in [-0.1, -0.05) is 12.1 Å². The summed E-state index contributed by atoms with van der Waals surface area (Å²) in [6, 6.07) is 12.0. The molecule has 0 aliphatic carbocycles. The van der Waals surface area contributed by atoms with Crippen molar-refractivity contribution in [2.45, 2.75) is 9.79 Å². The standard InChI is InChI=1S/C12H10NO3PS/c14-13-9-1-5-11(6-2-9)18(15,16)12-7-3-10(17)4-8-12/h1-8H,17H2. The molecule has 0 spiro atoms. The monoisotopic (exact) mass is 279 g/mol. The van der Waals surface area contributed by atoms with Gasteiger partial charge in [0.15, 0.2) is 0 Å². The smallest absolute Gasteiger partial charge is 0.206 e. The van der Waals surface area contributed by atoms with Crippen LogP contribution in [0, 0.1) is 4.91 Å². The summed E-state index contributed by atoms with van der Waals surface area (Å²) in [5.41, 5.74) is 0.203. The van der Waals surface area contributed by atoms with Crippen molar-refractivity contribution in [1.29, 1.82) is 0 Å². The average molecular weight is 279 g/mol. The fourth-order valence-corrected chi connectivity index (χ4v) is 2.92. The lowest BCUT2D eigenvalue weighted by molar-refractivity contribution is 0.596. The van der Waals surface area contributed by atoms with Crippen LogP contribution in [0.3, 0.4) is 0 Å². The second-order valence-electron chi connectivity index (χ2n) is 3.66. The highest BCUT2D eigenvalue weighted by atomic mass is 32.2. The third kappa shape index (κ3) is 2.47. The Kier molecular flexibility index (Phi) is 3.55. The van der Waals surface area contributed by atoms with Crippen molar-refractivity contribution in [3.8, 4) is 0 Å². The molecule has 18 heavy (non-hydrogen) atoms. The molecule has 0 fully saturated rings. The van der Waals surface area contributed by atoms with E-state index < -0.39 is 9.84 Å². The molecule has 2 aromatic rings. The first-order valence-corrected chi connectivity index (χ1v) is 7.14. The van der Waals surface area contributed by atoms with Crippen LogP contribution in [-0.2, 0) is 9.84 Å². The molecule has 0 aliphatic heterocycles. The molecule has 0 N–H and O–H groups in total. The lowest BCUT2D eigenvalue weighted by Crippen LogP contribution is -2.03. The van der Waals surface area contributed by atoms with E-state index in [1.54, 1.807) is 24.3 Å². The predicted octanol–water partition coefficient (Wildman–Crippen LogP) is 2.42. The van der Waals surface area contributed by atoms with Crippen LogP contribution < -0.4 is 5.30 Å². The Balaban J connectivity index is 2.47. The second kappa shape index (κ2) is 4.96. The Labute approximate surface area is 107 Å². The molecule has 2 rings (SSSR count). The van der Waals surface area contributed by atoms with E-state index in [2.05, 4.69) is 14.4 Å². The summed E-state index contributed by atoms with van der Waals surface area (Å²) in [5.74, 6) is 0. The van der Waals surface area contributed by atoms with E-state index in [0.29, 0.717) is 0 Å². The van der Waals surface area contributed by atoms with Crippen molar-refractivity contribution in [3.63, 3.8) is 0 Å². The molecule has 6 heteroatoms. The highest BCUT2D eigenvalue weighted by Gasteiger charge is 2.17. The molecule has 1 atom stereocenters. The van der Waals surface area contributed by atoms with E-state index in [4.69, 9.17) is 0 Å². The van der Waals surface area contributed by atoms with E-state index in [1.165, 1.54) is 24.3 Å². The predicted molar refractivity (Wildman–Crippen MR) is 73.1 cm³/mol. The minimum atomic E-state index is -3.53. The van der Waals surface area contributed by atoms with Gasteiger partial charge in [-0.25, -0.2) is 8.42 Å². The Morgan fingerprint density at radius 2 is 1.28 bits per heavy atom. The first-order chi connectivity index (χ1) is 8.54. The van der Waals surface area contributed by atoms with Gasteiger partial charge in [0, 0.05) is 0 Å². The molecular weight excluding hydrogens is 269 g/mol. The lowest BCUT2D eigenvalue weighted by atomic mass is 10.3. The van der Waals surface area contributed by atoms with Crippen molar-refractivity contribution >= 4 is 30.1 Å². The maximum absolute atomic E-state index is 12.2. The van der Waals surface area contributed by atoms with E-state index in [0.717, 1.165) is 5.30 Å². The summed E-state index contributed by atoms with van der Waals surface area (Å²) >= 11 is 0. The van der Waals surface area contributed by atoms with Crippen molar-refractivity contribution in [2.24, 2.45) is 5.18 Å². The molecule has 0 amide bonds. The SMILES string of the molecule is O=Nc1ccc(S(=O)(=O)c2ccc(P)cc2)cc1. The average Bonchev–Trinajstić information content (AvgIpc) is 2.39. The summed E-state index contributed by atoms with van der Waals surface area (Å²) in [7, 11) is -1.04. The number of nitroso groups, excluding NO2 is 1. The van der Waals surface area contributed by atoms with Gasteiger partial charge < -0.3 is 0 Å². The highest BCUT2D eigenvalue weighted by molar-refractivity contribution is 7.91. The van der Waals surface area contributed by atoms with Crippen molar-refractivity contribution in [3.05, 3.63) is 53.4 Å². The van der Waals surface area contributed by atoms with Crippen LogP contribution in [0.2, 0.25) is 0 Å². The van der Waals surface area contributed by atoms with Gasteiger partial charge in [0.05, 0.1) is 9.79 Å². The zero-order valence-electron chi connectivity index (χ0n) is 9.28. The second-order valence-corrected chi connectivity index (χ2v) is 6.27. The van der Waals surface area contributed by atoms with Gasteiger partial charge in [-0.3, -0.25) is 0 Å². The Morgan fingerprint density at radius 3 is 1.72 bits per heavy atom. The third-order valence-electron chi connectivity index (χ3n) is 2.44. The number of hydrogen-bond acceptors (Lipinski definition) is 4. The quantitative estimate of drug-likeness (QED) is 0.640. The molecule has 0 saturated carbocycles. The molecule has 4 nitrogen and oxygen atoms in total. The fraction of sp³-hybridized carbons (Fsp3) is 0. The van der Waals surface area contributed by atoms with E-state index >= 15 is 0 Å². The molecule has 0 radical (unpaired) electrons. The summed E-state index contributed by atoms with van der Waals surface area (Å²) in [6.07, 6.45) is 0.